The molecular formula is C21H34N4O2. The van der Waals surface area contributed by atoms with E-state index in [1.165, 1.54) is 0 Å². The fourth-order valence-electron chi connectivity index (χ4n) is 4.06. The van der Waals surface area contributed by atoms with E-state index in [1.54, 1.807) is 6.20 Å². The van der Waals surface area contributed by atoms with Crippen LogP contribution >= 0.6 is 0 Å². The van der Waals surface area contributed by atoms with Crippen molar-refractivity contribution in [1.82, 2.24) is 19.7 Å². The first-order valence-electron chi connectivity index (χ1n) is 10.2. The molecule has 2 fully saturated rings. The van der Waals surface area contributed by atoms with Crippen LogP contribution in [-0.2, 0) is 10.4 Å². The summed E-state index contributed by atoms with van der Waals surface area (Å²) in [5, 5.41) is 10.9. The van der Waals surface area contributed by atoms with E-state index in [4.69, 9.17) is 0 Å². The molecule has 6 nitrogen and oxygen atoms in total. The van der Waals surface area contributed by atoms with Gasteiger partial charge in [-0.3, -0.25) is 14.7 Å². The Hall–Kier alpha value is -1.50. The number of piperazine rings is 1. The molecule has 0 bridgehead atoms. The number of amides is 1. The highest BCUT2D eigenvalue weighted by molar-refractivity contribution is 5.76. The van der Waals surface area contributed by atoms with E-state index >= 15 is 0 Å². The molecule has 3 heterocycles. The maximum Gasteiger partial charge on any atom is 0.222 e. The number of aliphatic hydroxyl groups is 1. The van der Waals surface area contributed by atoms with E-state index in [2.05, 4.69) is 28.8 Å². The second-order valence-electron chi connectivity index (χ2n) is 8.36. The van der Waals surface area contributed by atoms with Crippen molar-refractivity contribution in [2.75, 3.05) is 46.3 Å². The Morgan fingerprint density at radius 1 is 1.19 bits per heavy atom. The van der Waals surface area contributed by atoms with Gasteiger partial charge < -0.3 is 14.9 Å². The monoisotopic (exact) mass is 374 g/mol. The molecule has 1 aromatic rings. The maximum absolute atomic E-state index is 12.6. The summed E-state index contributed by atoms with van der Waals surface area (Å²) in [5.41, 5.74) is 0.908. The van der Waals surface area contributed by atoms with Crippen LogP contribution < -0.4 is 0 Å². The Labute approximate surface area is 163 Å². The standard InChI is InChI=1S/C21H34N4O2/c1-17-4-6-19(22-16-17)21(27)8-10-25(11-9-21)20(26)7-5-18(2)24-14-12-23(3)13-15-24/h4,6,16,18,27H,5,7-15H2,1-3H3/t18-/m0/s1. The summed E-state index contributed by atoms with van der Waals surface area (Å²) < 4.78 is 0. The maximum atomic E-state index is 12.6. The molecule has 1 amide bonds. The molecule has 2 saturated heterocycles. The first-order chi connectivity index (χ1) is 12.9. The predicted molar refractivity (Wildman–Crippen MR) is 106 cm³/mol. The Bertz CT molecular complexity index is 618. The number of nitrogens with zero attached hydrogens (tertiary/aromatic N) is 4. The number of pyridine rings is 1. The van der Waals surface area contributed by atoms with Gasteiger partial charge in [0.2, 0.25) is 5.91 Å². The van der Waals surface area contributed by atoms with Gasteiger partial charge in [-0.05, 0) is 51.8 Å². The number of rotatable bonds is 5. The van der Waals surface area contributed by atoms with Crippen LogP contribution in [0.25, 0.3) is 0 Å². The first kappa shape index (κ1) is 20.2. The SMILES string of the molecule is Cc1ccc(C2(O)CCN(C(=O)CC[C@H](C)N3CCN(C)CC3)CC2)nc1. The zero-order valence-electron chi connectivity index (χ0n) is 17.0. The summed E-state index contributed by atoms with van der Waals surface area (Å²) in [7, 11) is 2.16. The molecule has 2 aliphatic heterocycles. The van der Waals surface area contributed by atoms with E-state index in [9.17, 15) is 9.90 Å². The van der Waals surface area contributed by atoms with Crippen LogP contribution in [0.4, 0.5) is 0 Å². The smallest absolute Gasteiger partial charge is 0.222 e. The lowest BCUT2D eigenvalue weighted by Crippen LogP contribution is -2.48. The van der Waals surface area contributed by atoms with Crippen LogP contribution in [0.15, 0.2) is 18.3 Å². The van der Waals surface area contributed by atoms with Crippen LogP contribution in [0.1, 0.15) is 43.9 Å². The molecule has 1 atom stereocenters. The average molecular weight is 375 g/mol. The number of aromatic nitrogens is 1. The molecule has 0 unspecified atom stereocenters. The Kier molecular flexibility index (Phi) is 6.50. The summed E-state index contributed by atoms with van der Waals surface area (Å²) in [5.74, 6) is 0.217. The Morgan fingerprint density at radius 2 is 1.85 bits per heavy atom. The van der Waals surface area contributed by atoms with Crippen LogP contribution in [0.2, 0.25) is 0 Å². The van der Waals surface area contributed by atoms with Gasteiger partial charge in [0.1, 0.15) is 5.60 Å². The third-order valence-electron chi connectivity index (χ3n) is 6.27. The highest BCUT2D eigenvalue weighted by atomic mass is 16.3. The lowest BCUT2D eigenvalue weighted by atomic mass is 9.87. The highest BCUT2D eigenvalue weighted by Gasteiger charge is 2.36. The van der Waals surface area contributed by atoms with Crippen molar-refractivity contribution >= 4 is 5.91 Å². The highest BCUT2D eigenvalue weighted by Crippen LogP contribution is 2.32. The van der Waals surface area contributed by atoms with Crippen molar-refractivity contribution in [3.63, 3.8) is 0 Å². The average Bonchev–Trinajstić information content (AvgIpc) is 2.67. The van der Waals surface area contributed by atoms with Crippen LogP contribution in [0, 0.1) is 6.92 Å². The molecule has 1 aromatic heterocycles. The minimum Gasteiger partial charge on any atom is -0.383 e. The lowest BCUT2D eigenvalue weighted by molar-refractivity contribution is -0.136. The third kappa shape index (κ3) is 5.06. The largest absolute Gasteiger partial charge is 0.383 e. The number of hydrogen-bond acceptors (Lipinski definition) is 5. The van der Waals surface area contributed by atoms with Gasteiger partial charge in [0.25, 0.3) is 0 Å². The van der Waals surface area contributed by atoms with Crippen molar-refractivity contribution in [3.8, 4) is 0 Å². The van der Waals surface area contributed by atoms with Crippen molar-refractivity contribution in [2.24, 2.45) is 0 Å². The van der Waals surface area contributed by atoms with E-state index in [1.807, 2.05) is 24.0 Å². The second-order valence-corrected chi connectivity index (χ2v) is 8.36. The molecule has 6 heteroatoms. The lowest BCUT2D eigenvalue weighted by Gasteiger charge is -2.39. The summed E-state index contributed by atoms with van der Waals surface area (Å²) in [4.78, 5) is 23.8. The number of likely N-dealkylation sites (N-methyl/N-ethyl adjacent to an activating group) is 1. The Morgan fingerprint density at radius 3 is 2.44 bits per heavy atom. The van der Waals surface area contributed by atoms with Gasteiger partial charge in [-0.1, -0.05) is 6.07 Å². The minimum absolute atomic E-state index is 0.217. The summed E-state index contributed by atoms with van der Waals surface area (Å²) in [6, 6.07) is 4.34. The first-order valence-corrected chi connectivity index (χ1v) is 10.2. The number of aryl methyl sites for hydroxylation is 1. The molecule has 27 heavy (non-hydrogen) atoms. The quantitative estimate of drug-likeness (QED) is 0.849. The second kappa shape index (κ2) is 8.67. The van der Waals surface area contributed by atoms with Crippen LogP contribution in [-0.4, -0.2) is 83.1 Å². The number of piperidine rings is 1. The van der Waals surface area contributed by atoms with Gasteiger partial charge in [-0.15, -0.1) is 0 Å². The molecule has 2 aliphatic rings. The molecule has 0 aromatic carbocycles. The fourth-order valence-corrected chi connectivity index (χ4v) is 4.06. The van der Waals surface area contributed by atoms with E-state index in [0.29, 0.717) is 38.4 Å². The van der Waals surface area contributed by atoms with Crippen molar-refractivity contribution < 1.29 is 9.90 Å². The van der Waals surface area contributed by atoms with E-state index in [-0.39, 0.29) is 5.91 Å². The van der Waals surface area contributed by atoms with Gasteiger partial charge in [-0.2, -0.15) is 0 Å². The van der Waals surface area contributed by atoms with E-state index in [0.717, 1.165) is 43.9 Å². The van der Waals surface area contributed by atoms with E-state index < -0.39 is 5.60 Å². The Balaban J connectivity index is 1.45. The molecule has 3 rings (SSSR count). The molecule has 0 saturated carbocycles. The molecule has 0 radical (unpaired) electrons. The fraction of sp³-hybridized carbons (Fsp3) is 0.714. The zero-order valence-corrected chi connectivity index (χ0v) is 17.0. The zero-order chi connectivity index (χ0) is 19.4. The topological polar surface area (TPSA) is 59.9 Å². The number of hydrogen-bond donors (Lipinski definition) is 1. The molecule has 150 valence electrons. The number of likely N-dealkylation sites (tertiary alicyclic amines) is 1. The van der Waals surface area contributed by atoms with Gasteiger partial charge in [0.05, 0.1) is 5.69 Å². The van der Waals surface area contributed by atoms with Gasteiger partial charge in [0, 0.05) is 57.9 Å². The van der Waals surface area contributed by atoms with Crippen molar-refractivity contribution in [3.05, 3.63) is 29.6 Å². The third-order valence-corrected chi connectivity index (χ3v) is 6.27. The molecular weight excluding hydrogens is 340 g/mol. The van der Waals surface area contributed by atoms with Crippen molar-refractivity contribution in [1.29, 1.82) is 0 Å². The van der Waals surface area contributed by atoms with Crippen LogP contribution in [0.5, 0.6) is 0 Å². The van der Waals surface area contributed by atoms with Gasteiger partial charge in [-0.25, -0.2) is 0 Å². The molecule has 1 N–H and O–H groups in total. The predicted octanol–water partition coefficient (Wildman–Crippen LogP) is 1.62. The van der Waals surface area contributed by atoms with Crippen molar-refractivity contribution in [2.45, 2.75) is 51.2 Å². The summed E-state index contributed by atoms with van der Waals surface area (Å²) in [6.45, 7) is 9.83. The summed E-state index contributed by atoms with van der Waals surface area (Å²) in [6.07, 6.45) is 4.41. The summed E-state index contributed by atoms with van der Waals surface area (Å²) >= 11 is 0. The molecule has 0 aliphatic carbocycles. The van der Waals surface area contributed by atoms with Gasteiger partial charge in [0.15, 0.2) is 0 Å². The minimum atomic E-state index is -0.905. The number of carbonyl (C=O) groups excluding carboxylic acids is 1. The van der Waals surface area contributed by atoms with Gasteiger partial charge >= 0.3 is 0 Å². The molecule has 0 spiro atoms. The normalized spacial score (nSPS) is 22.6. The number of carbonyl (C=O) groups is 1. The van der Waals surface area contributed by atoms with Crippen LogP contribution in [0.3, 0.4) is 0 Å².